The van der Waals surface area contributed by atoms with Gasteiger partial charge in [-0.05, 0) is 35.2 Å². The Labute approximate surface area is 186 Å². The van der Waals surface area contributed by atoms with E-state index in [1.165, 1.54) is 10.6 Å². The van der Waals surface area contributed by atoms with Crippen LogP contribution in [0, 0.1) is 0 Å². The molecule has 2 aromatic heterocycles. The Kier molecular flexibility index (Phi) is 5.28. The van der Waals surface area contributed by atoms with Gasteiger partial charge in [0.25, 0.3) is 0 Å². The second kappa shape index (κ2) is 8.25. The maximum atomic E-state index is 11.8. The molecule has 0 unspecified atom stereocenters. The summed E-state index contributed by atoms with van der Waals surface area (Å²) in [5, 5.41) is 4.14. The third-order valence-electron chi connectivity index (χ3n) is 5.51. The van der Waals surface area contributed by atoms with E-state index >= 15 is 0 Å². The molecule has 0 saturated carbocycles. The van der Waals surface area contributed by atoms with E-state index in [0.717, 1.165) is 27.8 Å². The van der Waals surface area contributed by atoms with Crippen molar-refractivity contribution in [3.8, 4) is 22.8 Å². The van der Waals surface area contributed by atoms with Gasteiger partial charge in [0.2, 0.25) is 21.7 Å². The lowest BCUT2D eigenvalue weighted by Gasteiger charge is -2.26. The van der Waals surface area contributed by atoms with Gasteiger partial charge in [0.1, 0.15) is 0 Å². The minimum absolute atomic E-state index is 0.399. The molecule has 0 saturated heterocycles. The zero-order valence-electron chi connectivity index (χ0n) is 17.5. The van der Waals surface area contributed by atoms with Crippen LogP contribution >= 0.6 is 0 Å². The van der Waals surface area contributed by atoms with E-state index in [1.54, 1.807) is 18.5 Å². The highest BCUT2D eigenvalue weighted by molar-refractivity contribution is 7.88. The minimum atomic E-state index is -3.19. The highest BCUT2D eigenvalue weighted by atomic mass is 32.2. The van der Waals surface area contributed by atoms with Crippen LogP contribution in [0.15, 0.2) is 65.4 Å². The first-order valence-electron chi connectivity index (χ1n) is 10.2. The number of hydrogen-bond acceptors (Lipinski definition) is 7. The summed E-state index contributed by atoms with van der Waals surface area (Å²) in [4.78, 5) is 13.1. The summed E-state index contributed by atoms with van der Waals surface area (Å²) >= 11 is 0. The van der Waals surface area contributed by atoms with E-state index in [4.69, 9.17) is 4.52 Å². The molecule has 3 heterocycles. The summed E-state index contributed by atoms with van der Waals surface area (Å²) in [7, 11) is -3.19. The van der Waals surface area contributed by atoms with Crippen molar-refractivity contribution in [1.29, 1.82) is 0 Å². The van der Waals surface area contributed by atoms with Crippen LogP contribution in [0.5, 0.6) is 0 Å². The van der Waals surface area contributed by atoms with Crippen LogP contribution < -0.4 is 0 Å². The Hall–Kier alpha value is -3.43. The molecule has 2 aromatic carbocycles. The third kappa shape index (κ3) is 4.30. The average molecular weight is 448 g/mol. The molecule has 0 amide bonds. The summed E-state index contributed by atoms with van der Waals surface area (Å²) in [5.74, 6) is 1.75. The Morgan fingerprint density at radius 2 is 1.72 bits per heavy atom. The van der Waals surface area contributed by atoms with Crippen molar-refractivity contribution in [2.24, 2.45) is 0 Å². The van der Waals surface area contributed by atoms with E-state index in [1.807, 2.05) is 42.5 Å². The summed E-state index contributed by atoms with van der Waals surface area (Å²) < 4.78 is 30.6. The number of benzene rings is 2. The van der Waals surface area contributed by atoms with Gasteiger partial charge >= 0.3 is 0 Å². The highest BCUT2D eigenvalue weighted by Crippen LogP contribution is 2.26. The highest BCUT2D eigenvalue weighted by Gasteiger charge is 2.23. The van der Waals surface area contributed by atoms with Crippen molar-refractivity contribution in [1.82, 2.24) is 24.4 Å². The fraction of sp³-hybridized carbons (Fsp3) is 0.217. The number of nitrogens with zero attached hydrogens (tertiary/aromatic N) is 5. The Morgan fingerprint density at radius 3 is 2.47 bits per heavy atom. The molecule has 1 aliphatic heterocycles. The predicted molar refractivity (Wildman–Crippen MR) is 119 cm³/mol. The third-order valence-corrected chi connectivity index (χ3v) is 6.76. The molecule has 0 N–H and O–H groups in total. The molecule has 4 aromatic rings. The van der Waals surface area contributed by atoms with Crippen LogP contribution in [0.1, 0.15) is 22.6 Å². The van der Waals surface area contributed by atoms with Crippen LogP contribution in [0.25, 0.3) is 22.8 Å². The second-order valence-electron chi connectivity index (χ2n) is 7.79. The van der Waals surface area contributed by atoms with Crippen LogP contribution in [0.4, 0.5) is 0 Å². The van der Waals surface area contributed by atoms with Crippen LogP contribution in [0.2, 0.25) is 0 Å². The zero-order chi connectivity index (χ0) is 22.1. The molecule has 162 valence electrons. The predicted octanol–water partition coefficient (Wildman–Crippen LogP) is 3.10. The number of sulfonamides is 1. The first-order chi connectivity index (χ1) is 15.5. The molecule has 9 heteroatoms. The van der Waals surface area contributed by atoms with E-state index < -0.39 is 10.0 Å². The van der Waals surface area contributed by atoms with Gasteiger partial charge in [-0.15, -0.1) is 0 Å². The largest absolute Gasteiger partial charge is 0.339 e. The molecule has 0 bridgehead atoms. The lowest BCUT2D eigenvalue weighted by Crippen LogP contribution is -2.35. The molecule has 8 nitrogen and oxygen atoms in total. The summed E-state index contributed by atoms with van der Waals surface area (Å²) in [6.07, 6.45) is 5.88. The van der Waals surface area contributed by atoms with Crippen LogP contribution in [-0.2, 0) is 29.4 Å². The second-order valence-corrected chi connectivity index (χ2v) is 9.77. The van der Waals surface area contributed by atoms with Crippen molar-refractivity contribution >= 4 is 10.0 Å². The number of aromatic nitrogens is 4. The standard InChI is InChI=1S/C23H21N5O3S/c1-32(29,30)28-12-9-18-14-19(7-8-20(18)15-28)23-26-21(31-27-23)13-16-3-5-17(6-4-16)22-24-10-2-11-25-22/h2-8,10-11,14H,9,12-13,15H2,1H3. The van der Waals surface area contributed by atoms with Gasteiger partial charge in [-0.2, -0.15) is 9.29 Å². The number of hydrogen-bond donors (Lipinski definition) is 0. The van der Waals surface area contributed by atoms with Gasteiger partial charge in [-0.25, -0.2) is 18.4 Å². The van der Waals surface area contributed by atoms with Crippen LogP contribution in [0.3, 0.4) is 0 Å². The smallest absolute Gasteiger partial charge is 0.231 e. The maximum Gasteiger partial charge on any atom is 0.231 e. The molecule has 0 radical (unpaired) electrons. The molecule has 5 rings (SSSR count). The lowest BCUT2D eigenvalue weighted by molar-refractivity contribution is 0.385. The van der Waals surface area contributed by atoms with Crippen LogP contribution in [-0.4, -0.2) is 45.6 Å². The molecule has 1 aliphatic rings. The monoisotopic (exact) mass is 447 g/mol. The van der Waals surface area contributed by atoms with Crippen molar-refractivity contribution in [2.75, 3.05) is 12.8 Å². The first kappa shape index (κ1) is 20.5. The lowest BCUT2D eigenvalue weighted by atomic mass is 9.98. The van der Waals surface area contributed by atoms with Crippen molar-refractivity contribution in [2.45, 2.75) is 19.4 Å². The van der Waals surface area contributed by atoms with Gasteiger partial charge in [-0.3, -0.25) is 0 Å². The molecule has 0 aliphatic carbocycles. The normalized spacial score (nSPS) is 14.3. The SMILES string of the molecule is CS(=O)(=O)N1CCc2cc(-c3noc(Cc4ccc(-c5ncccn5)cc4)n3)ccc2C1. The quantitative estimate of drug-likeness (QED) is 0.463. The fourth-order valence-corrected chi connectivity index (χ4v) is 4.58. The van der Waals surface area contributed by atoms with E-state index in [2.05, 4.69) is 20.1 Å². The van der Waals surface area contributed by atoms with Crippen molar-refractivity contribution in [3.63, 3.8) is 0 Å². The van der Waals surface area contributed by atoms with E-state index in [9.17, 15) is 8.42 Å². The van der Waals surface area contributed by atoms with Gasteiger partial charge in [0.15, 0.2) is 5.82 Å². The summed E-state index contributed by atoms with van der Waals surface area (Å²) in [6.45, 7) is 0.882. The molecule has 0 atom stereocenters. The number of rotatable bonds is 5. The molecular formula is C23H21N5O3S. The van der Waals surface area contributed by atoms with Gasteiger partial charge in [0.05, 0.1) is 12.7 Å². The first-order valence-corrected chi connectivity index (χ1v) is 12.1. The molecule has 32 heavy (non-hydrogen) atoms. The number of fused-ring (bicyclic) bond motifs is 1. The van der Waals surface area contributed by atoms with Gasteiger partial charge in [0, 0.05) is 36.6 Å². The topological polar surface area (TPSA) is 102 Å². The van der Waals surface area contributed by atoms with Crippen molar-refractivity contribution < 1.29 is 12.9 Å². The summed E-state index contributed by atoms with van der Waals surface area (Å²) in [5.41, 5.74) is 4.99. The minimum Gasteiger partial charge on any atom is -0.339 e. The Balaban J connectivity index is 1.30. The Morgan fingerprint density at radius 1 is 0.969 bits per heavy atom. The average Bonchev–Trinajstić information content (AvgIpc) is 3.27. The van der Waals surface area contributed by atoms with Crippen molar-refractivity contribution in [3.05, 3.63) is 83.5 Å². The molecule has 0 spiro atoms. The zero-order valence-corrected chi connectivity index (χ0v) is 18.3. The molecular weight excluding hydrogens is 426 g/mol. The van der Waals surface area contributed by atoms with Gasteiger partial charge in [-0.1, -0.05) is 41.6 Å². The Bertz CT molecular complexity index is 1350. The maximum absolute atomic E-state index is 11.8. The fourth-order valence-electron chi connectivity index (χ4n) is 3.79. The van der Waals surface area contributed by atoms with E-state index in [-0.39, 0.29) is 0 Å². The van der Waals surface area contributed by atoms with Gasteiger partial charge < -0.3 is 4.52 Å². The van der Waals surface area contributed by atoms with E-state index in [0.29, 0.717) is 43.5 Å². The summed E-state index contributed by atoms with van der Waals surface area (Å²) in [6, 6.07) is 15.6. The molecule has 0 fully saturated rings.